The molecule has 1 N–H and O–H groups in total. The van der Waals surface area contributed by atoms with Gasteiger partial charge in [0.1, 0.15) is 5.01 Å². The van der Waals surface area contributed by atoms with Gasteiger partial charge in [-0.05, 0) is 29.7 Å². The number of carbonyl (C=O) groups excluding carboxylic acids is 1. The van der Waals surface area contributed by atoms with Crippen molar-refractivity contribution >= 4 is 44.9 Å². The SMILES string of the molecule is O=C(C=Cc1nc2ccccc2s1)NCC(c1cccs1)N1CCOCC1. The van der Waals surface area contributed by atoms with Gasteiger partial charge in [0.25, 0.3) is 0 Å². The molecule has 7 heteroatoms. The molecule has 1 aromatic carbocycles. The molecule has 1 saturated heterocycles. The molecule has 4 rings (SSSR count). The third-order valence-corrected chi connectivity index (χ3v) is 6.49. The van der Waals surface area contributed by atoms with Gasteiger partial charge in [-0.2, -0.15) is 0 Å². The average Bonchev–Trinajstić information content (AvgIpc) is 3.37. The van der Waals surface area contributed by atoms with Gasteiger partial charge in [0, 0.05) is 30.6 Å². The lowest BCUT2D eigenvalue weighted by molar-refractivity contribution is -0.116. The van der Waals surface area contributed by atoms with Gasteiger partial charge in [0.05, 0.1) is 29.5 Å². The van der Waals surface area contributed by atoms with Crippen LogP contribution in [-0.2, 0) is 9.53 Å². The molecule has 1 atom stereocenters. The van der Waals surface area contributed by atoms with Crippen molar-refractivity contribution in [3.8, 4) is 0 Å². The van der Waals surface area contributed by atoms with Crippen LogP contribution in [0.4, 0.5) is 0 Å². The van der Waals surface area contributed by atoms with Gasteiger partial charge >= 0.3 is 0 Å². The molecule has 2 aromatic heterocycles. The summed E-state index contributed by atoms with van der Waals surface area (Å²) < 4.78 is 6.59. The van der Waals surface area contributed by atoms with Gasteiger partial charge in [-0.3, -0.25) is 9.69 Å². The Morgan fingerprint density at radius 3 is 2.89 bits per heavy atom. The molecule has 0 saturated carbocycles. The number of morpholine rings is 1. The van der Waals surface area contributed by atoms with E-state index in [1.165, 1.54) is 4.88 Å². The number of thiazole rings is 1. The zero-order valence-corrected chi connectivity index (χ0v) is 16.5. The predicted octanol–water partition coefficient (Wildman–Crippen LogP) is 3.56. The summed E-state index contributed by atoms with van der Waals surface area (Å²) in [5.74, 6) is -0.0935. The van der Waals surface area contributed by atoms with E-state index in [9.17, 15) is 4.79 Å². The quantitative estimate of drug-likeness (QED) is 0.644. The number of carbonyl (C=O) groups is 1. The zero-order chi connectivity index (χ0) is 18.5. The number of benzene rings is 1. The van der Waals surface area contributed by atoms with E-state index in [-0.39, 0.29) is 11.9 Å². The van der Waals surface area contributed by atoms with Crippen LogP contribution in [0.3, 0.4) is 0 Å². The van der Waals surface area contributed by atoms with Gasteiger partial charge in [-0.1, -0.05) is 18.2 Å². The summed E-state index contributed by atoms with van der Waals surface area (Å²) in [7, 11) is 0. The Hall–Kier alpha value is -2.06. The number of ether oxygens (including phenoxy) is 1. The van der Waals surface area contributed by atoms with Crippen LogP contribution >= 0.6 is 22.7 Å². The molecule has 0 aliphatic carbocycles. The van der Waals surface area contributed by atoms with Gasteiger partial charge in [0.15, 0.2) is 0 Å². The van der Waals surface area contributed by atoms with Crippen LogP contribution in [0.25, 0.3) is 16.3 Å². The van der Waals surface area contributed by atoms with E-state index in [4.69, 9.17) is 4.74 Å². The van der Waals surface area contributed by atoms with E-state index in [0.717, 1.165) is 41.5 Å². The lowest BCUT2D eigenvalue weighted by Gasteiger charge is -2.34. The molecule has 140 valence electrons. The Kier molecular flexibility index (Phi) is 5.94. The van der Waals surface area contributed by atoms with Crippen molar-refractivity contribution < 1.29 is 9.53 Å². The van der Waals surface area contributed by atoms with E-state index in [1.807, 2.05) is 24.3 Å². The van der Waals surface area contributed by atoms with Crippen LogP contribution in [0.5, 0.6) is 0 Å². The first-order valence-corrected chi connectivity index (χ1v) is 10.7. The summed E-state index contributed by atoms with van der Waals surface area (Å²) in [4.78, 5) is 20.5. The second kappa shape index (κ2) is 8.75. The van der Waals surface area contributed by atoms with E-state index in [1.54, 1.807) is 34.8 Å². The fourth-order valence-corrected chi connectivity index (χ4v) is 4.88. The van der Waals surface area contributed by atoms with E-state index < -0.39 is 0 Å². The van der Waals surface area contributed by atoms with E-state index in [2.05, 4.69) is 32.7 Å². The largest absolute Gasteiger partial charge is 0.379 e. The third kappa shape index (κ3) is 4.62. The normalized spacial score (nSPS) is 16.7. The number of nitrogens with one attached hydrogen (secondary N) is 1. The highest BCUT2D eigenvalue weighted by Gasteiger charge is 2.23. The van der Waals surface area contributed by atoms with Crippen molar-refractivity contribution in [3.05, 3.63) is 57.7 Å². The summed E-state index contributed by atoms with van der Waals surface area (Å²) in [5, 5.41) is 5.97. The van der Waals surface area contributed by atoms with Gasteiger partial charge in [-0.25, -0.2) is 4.98 Å². The monoisotopic (exact) mass is 399 g/mol. The molecule has 0 radical (unpaired) electrons. The van der Waals surface area contributed by atoms with Crippen molar-refractivity contribution in [2.75, 3.05) is 32.8 Å². The third-order valence-electron chi connectivity index (χ3n) is 4.52. The Labute approximate surface area is 166 Å². The standard InChI is InChI=1S/C20H21N3O2S2/c24-19(7-8-20-22-15-4-1-2-5-17(15)27-20)21-14-16(18-6-3-13-26-18)23-9-11-25-12-10-23/h1-8,13,16H,9-12,14H2,(H,21,24). The molecule has 3 aromatic rings. The van der Waals surface area contributed by atoms with Crippen LogP contribution in [0.15, 0.2) is 47.9 Å². The number of fused-ring (bicyclic) bond motifs is 1. The molecular weight excluding hydrogens is 378 g/mol. The maximum atomic E-state index is 12.3. The first-order chi connectivity index (χ1) is 13.3. The van der Waals surface area contributed by atoms with Gasteiger partial charge < -0.3 is 10.1 Å². The maximum absolute atomic E-state index is 12.3. The van der Waals surface area contributed by atoms with Crippen molar-refractivity contribution in [1.29, 1.82) is 0 Å². The molecule has 3 heterocycles. The van der Waals surface area contributed by atoms with Crippen molar-refractivity contribution in [2.24, 2.45) is 0 Å². The minimum atomic E-state index is -0.0935. The van der Waals surface area contributed by atoms with Crippen LogP contribution in [-0.4, -0.2) is 48.6 Å². The lowest BCUT2D eigenvalue weighted by Crippen LogP contribution is -2.43. The Bertz CT molecular complexity index is 881. The second-order valence-corrected chi connectivity index (χ2v) is 8.32. The summed E-state index contributed by atoms with van der Waals surface area (Å²) >= 11 is 3.31. The topological polar surface area (TPSA) is 54.5 Å². The summed E-state index contributed by atoms with van der Waals surface area (Å²) in [6.45, 7) is 3.85. The van der Waals surface area contributed by atoms with Crippen LogP contribution in [0.2, 0.25) is 0 Å². The fraction of sp³-hybridized carbons (Fsp3) is 0.300. The molecule has 1 aliphatic rings. The minimum Gasteiger partial charge on any atom is -0.379 e. The summed E-state index contributed by atoms with van der Waals surface area (Å²) in [5.41, 5.74) is 0.965. The second-order valence-electron chi connectivity index (χ2n) is 6.28. The first-order valence-electron chi connectivity index (χ1n) is 8.96. The van der Waals surface area contributed by atoms with Crippen LogP contribution in [0, 0.1) is 0 Å². The molecule has 1 unspecified atom stereocenters. The number of aromatic nitrogens is 1. The molecule has 27 heavy (non-hydrogen) atoms. The number of hydrogen-bond acceptors (Lipinski definition) is 6. The van der Waals surface area contributed by atoms with Crippen molar-refractivity contribution in [1.82, 2.24) is 15.2 Å². The molecular formula is C20H21N3O2S2. The molecule has 1 fully saturated rings. The van der Waals surface area contributed by atoms with Gasteiger partial charge in [-0.15, -0.1) is 22.7 Å². The molecule has 0 spiro atoms. The average molecular weight is 400 g/mol. The Morgan fingerprint density at radius 2 is 2.11 bits per heavy atom. The number of hydrogen-bond donors (Lipinski definition) is 1. The number of amides is 1. The molecule has 1 amide bonds. The zero-order valence-electron chi connectivity index (χ0n) is 14.8. The molecule has 1 aliphatic heterocycles. The lowest BCUT2D eigenvalue weighted by atomic mass is 10.2. The number of rotatable bonds is 6. The van der Waals surface area contributed by atoms with Crippen molar-refractivity contribution in [3.63, 3.8) is 0 Å². The van der Waals surface area contributed by atoms with E-state index >= 15 is 0 Å². The smallest absolute Gasteiger partial charge is 0.244 e. The minimum absolute atomic E-state index is 0.0935. The summed E-state index contributed by atoms with van der Waals surface area (Å²) in [6.07, 6.45) is 3.36. The molecule has 0 bridgehead atoms. The Balaban J connectivity index is 1.38. The highest BCUT2D eigenvalue weighted by atomic mass is 32.1. The van der Waals surface area contributed by atoms with Crippen LogP contribution in [0.1, 0.15) is 15.9 Å². The fourth-order valence-electron chi connectivity index (χ4n) is 3.14. The van der Waals surface area contributed by atoms with Crippen LogP contribution < -0.4 is 5.32 Å². The first kappa shape index (κ1) is 18.3. The van der Waals surface area contributed by atoms with Crippen molar-refractivity contribution in [2.45, 2.75) is 6.04 Å². The highest BCUT2D eigenvalue weighted by Crippen LogP contribution is 2.25. The summed E-state index contributed by atoms with van der Waals surface area (Å²) in [6, 6.07) is 12.4. The van der Waals surface area contributed by atoms with E-state index in [0.29, 0.717) is 6.54 Å². The number of nitrogens with zero attached hydrogens (tertiary/aromatic N) is 2. The maximum Gasteiger partial charge on any atom is 0.244 e. The number of thiophene rings is 1. The Morgan fingerprint density at radius 1 is 1.26 bits per heavy atom. The molecule has 5 nitrogen and oxygen atoms in total. The van der Waals surface area contributed by atoms with Gasteiger partial charge in [0.2, 0.25) is 5.91 Å². The highest BCUT2D eigenvalue weighted by molar-refractivity contribution is 7.19. The number of para-hydroxylation sites is 1. The predicted molar refractivity (Wildman–Crippen MR) is 111 cm³/mol.